The molecule has 0 bridgehead atoms. The first-order chi connectivity index (χ1) is 7.67. The van der Waals surface area contributed by atoms with Crippen LogP contribution in [-0.2, 0) is 6.54 Å². The highest BCUT2D eigenvalue weighted by Gasteiger charge is 2.10. The van der Waals surface area contributed by atoms with E-state index >= 15 is 0 Å². The van der Waals surface area contributed by atoms with Crippen molar-refractivity contribution in [1.29, 1.82) is 5.26 Å². The molecule has 1 aromatic heterocycles. The van der Waals surface area contributed by atoms with Crippen molar-refractivity contribution in [3.8, 4) is 6.07 Å². The molecule has 0 amide bonds. The Kier molecular flexibility index (Phi) is 4.74. The van der Waals surface area contributed by atoms with Crippen molar-refractivity contribution in [2.45, 2.75) is 20.4 Å². The van der Waals surface area contributed by atoms with E-state index in [0.29, 0.717) is 5.82 Å². The predicted molar refractivity (Wildman–Crippen MR) is 64.4 cm³/mol. The Bertz CT molecular complexity index is 370. The summed E-state index contributed by atoms with van der Waals surface area (Å²) >= 11 is 0. The van der Waals surface area contributed by atoms with Gasteiger partial charge in [0.15, 0.2) is 0 Å². The average Bonchev–Trinajstić information content (AvgIpc) is 2.30. The number of nitrogens with two attached hydrogens (primary N) is 1. The van der Waals surface area contributed by atoms with Gasteiger partial charge in [-0.15, -0.1) is 0 Å². The molecule has 16 heavy (non-hydrogen) atoms. The maximum atomic E-state index is 8.79. The molecule has 0 aliphatic carbocycles. The molecule has 0 spiro atoms. The van der Waals surface area contributed by atoms with E-state index in [1.807, 2.05) is 19.1 Å². The molecule has 0 aliphatic rings. The number of nitrogens with zero attached hydrogens (tertiary/aromatic N) is 3. The molecule has 1 unspecified atom stereocenters. The zero-order valence-electron chi connectivity index (χ0n) is 9.85. The Morgan fingerprint density at radius 1 is 1.62 bits per heavy atom. The number of nitrogen functional groups attached to an aromatic ring is 1. The summed E-state index contributed by atoms with van der Waals surface area (Å²) in [7, 11) is 0. The van der Waals surface area contributed by atoms with Crippen LogP contribution in [0.25, 0.3) is 0 Å². The second-order valence-corrected chi connectivity index (χ2v) is 3.91. The van der Waals surface area contributed by atoms with Gasteiger partial charge in [0.2, 0.25) is 0 Å². The number of aromatic nitrogens is 1. The number of hydrogen-bond acceptors (Lipinski definition) is 4. The van der Waals surface area contributed by atoms with Crippen LogP contribution in [0.5, 0.6) is 0 Å². The van der Waals surface area contributed by atoms with Crippen molar-refractivity contribution in [3.05, 3.63) is 23.9 Å². The van der Waals surface area contributed by atoms with E-state index in [9.17, 15) is 0 Å². The molecule has 1 aromatic rings. The van der Waals surface area contributed by atoms with Crippen molar-refractivity contribution in [2.24, 2.45) is 5.92 Å². The lowest BCUT2D eigenvalue weighted by Gasteiger charge is -2.21. The summed E-state index contributed by atoms with van der Waals surface area (Å²) in [4.78, 5) is 6.25. The first-order valence-corrected chi connectivity index (χ1v) is 5.48. The highest BCUT2D eigenvalue weighted by molar-refractivity contribution is 5.38. The number of anilines is 1. The smallest absolute Gasteiger partial charge is 0.127 e. The van der Waals surface area contributed by atoms with Crippen LogP contribution in [-0.4, -0.2) is 23.0 Å². The van der Waals surface area contributed by atoms with E-state index in [4.69, 9.17) is 11.0 Å². The van der Waals surface area contributed by atoms with Crippen LogP contribution in [0, 0.1) is 17.2 Å². The highest BCUT2D eigenvalue weighted by atomic mass is 15.1. The molecule has 0 radical (unpaired) electrons. The zero-order valence-corrected chi connectivity index (χ0v) is 9.85. The lowest BCUT2D eigenvalue weighted by atomic mass is 10.1. The molecule has 1 atom stereocenters. The third-order valence-electron chi connectivity index (χ3n) is 2.52. The quantitative estimate of drug-likeness (QED) is 0.816. The van der Waals surface area contributed by atoms with E-state index in [0.717, 1.165) is 25.2 Å². The molecule has 0 saturated heterocycles. The molecule has 0 fully saturated rings. The third kappa shape index (κ3) is 3.52. The molecule has 2 N–H and O–H groups in total. The van der Waals surface area contributed by atoms with Gasteiger partial charge < -0.3 is 5.73 Å². The van der Waals surface area contributed by atoms with E-state index < -0.39 is 0 Å². The Balaban J connectivity index is 2.64. The first-order valence-electron chi connectivity index (χ1n) is 5.48. The minimum absolute atomic E-state index is 0.0397. The standard InChI is InChI=1S/C12H18N4/c1-3-16(8-10(2)7-13)9-11-5-4-6-15-12(11)14/h4-6,10H,3,8-9H2,1-2H3,(H2,14,15). The van der Waals surface area contributed by atoms with Crippen LogP contribution < -0.4 is 5.73 Å². The molecular formula is C12H18N4. The van der Waals surface area contributed by atoms with Gasteiger partial charge >= 0.3 is 0 Å². The van der Waals surface area contributed by atoms with Gasteiger partial charge in [-0.3, -0.25) is 4.90 Å². The van der Waals surface area contributed by atoms with Gasteiger partial charge in [-0.1, -0.05) is 13.0 Å². The Hall–Kier alpha value is -1.60. The molecular weight excluding hydrogens is 200 g/mol. The van der Waals surface area contributed by atoms with E-state index in [-0.39, 0.29) is 5.92 Å². The Morgan fingerprint density at radius 2 is 2.38 bits per heavy atom. The summed E-state index contributed by atoms with van der Waals surface area (Å²) in [6.07, 6.45) is 1.69. The largest absolute Gasteiger partial charge is 0.383 e. The van der Waals surface area contributed by atoms with Crippen LogP contribution in [0.1, 0.15) is 19.4 Å². The molecule has 0 aliphatic heterocycles. The highest BCUT2D eigenvalue weighted by Crippen LogP contribution is 2.11. The van der Waals surface area contributed by atoms with Crippen molar-refractivity contribution >= 4 is 5.82 Å². The summed E-state index contributed by atoms with van der Waals surface area (Å²) < 4.78 is 0. The van der Waals surface area contributed by atoms with Crippen LogP contribution in [0.3, 0.4) is 0 Å². The van der Waals surface area contributed by atoms with Crippen molar-refractivity contribution in [3.63, 3.8) is 0 Å². The minimum atomic E-state index is 0.0397. The van der Waals surface area contributed by atoms with Gasteiger partial charge in [-0.25, -0.2) is 4.98 Å². The number of nitriles is 1. The van der Waals surface area contributed by atoms with Crippen LogP contribution in [0.15, 0.2) is 18.3 Å². The van der Waals surface area contributed by atoms with Crippen molar-refractivity contribution < 1.29 is 0 Å². The molecule has 0 aromatic carbocycles. The van der Waals surface area contributed by atoms with Gasteiger partial charge in [0.25, 0.3) is 0 Å². The summed E-state index contributed by atoms with van der Waals surface area (Å²) in [5.74, 6) is 0.614. The Morgan fingerprint density at radius 3 is 2.94 bits per heavy atom. The van der Waals surface area contributed by atoms with Gasteiger partial charge in [0.05, 0.1) is 12.0 Å². The van der Waals surface area contributed by atoms with Crippen LogP contribution in [0.4, 0.5) is 5.82 Å². The maximum Gasteiger partial charge on any atom is 0.127 e. The summed E-state index contributed by atoms with van der Waals surface area (Å²) in [6, 6.07) is 6.10. The zero-order chi connectivity index (χ0) is 12.0. The predicted octanol–water partition coefficient (Wildman–Crippen LogP) is 1.65. The SMILES string of the molecule is CCN(Cc1cccnc1N)CC(C)C#N. The monoisotopic (exact) mass is 218 g/mol. The maximum absolute atomic E-state index is 8.79. The second-order valence-electron chi connectivity index (χ2n) is 3.91. The summed E-state index contributed by atoms with van der Waals surface area (Å²) in [5.41, 5.74) is 6.81. The molecule has 0 saturated carbocycles. The molecule has 4 heteroatoms. The third-order valence-corrected chi connectivity index (χ3v) is 2.52. The number of pyridine rings is 1. The van der Waals surface area contributed by atoms with E-state index in [1.165, 1.54) is 0 Å². The van der Waals surface area contributed by atoms with Gasteiger partial charge in [-0.2, -0.15) is 5.26 Å². The second kappa shape index (κ2) is 6.09. The number of hydrogen-bond donors (Lipinski definition) is 1. The number of rotatable bonds is 5. The van der Waals surface area contributed by atoms with Gasteiger partial charge in [0, 0.05) is 24.8 Å². The first kappa shape index (κ1) is 12.5. The Labute approximate surface area is 96.7 Å². The lowest BCUT2D eigenvalue weighted by molar-refractivity contribution is 0.260. The van der Waals surface area contributed by atoms with Gasteiger partial charge in [0.1, 0.15) is 5.82 Å². The topological polar surface area (TPSA) is 65.9 Å². The average molecular weight is 218 g/mol. The van der Waals surface area contributed by atoms with Crippen molar-refractivity contribution in [2.75, 3.05) is 18.8 Å². The fraction of sp³-hybridized carbons (Fsp3) is 0.500. The van der Waals surface area contributed by atoms with Crippen LogP contribution >= 0.6 is 0 Å². The summed E-state index contributed by atoms with van der Waals surface area (Å²) in [6.45, 7) is 6.43. The molecule has 4 nitrogen and oxygen atoms in total. The van der Waals surface area contributed by atoms with Crippen molar-refractivity contribution in [1.82, 2.24) is 9.88 Å². The van der Waals surface area contributed by atoms with E-state index in [2.05, 4.69) is 22.9 Å². The van der Waals surface area contributed by atoms with E-state index in [1.54, 1.807) is 6.20 Å². The van der Waals surface area contributed by atoms with Crippen LogP contribution in [0.2, 0.25) is 0 Å². The minimum Gasteiger partial charge on any atom is -0.383 e. The lowest BCUT2D eigenvalue weighted by Crippen LogP contribution is -2.28. The normalized spacial score (nSPS) is 12.4. The fourth-order valence-electron chi connectivity index (χ4n) is 1.56. The van der Waals surface area contributed by atoms with Gasteiger partial charge in [-0.05, 0) is 19.5 Å². The molecule has 1 rings (SSSR count). The molecule has 86 valence electrons. The molecule has 1 heterocycles. The summed E-state index contributed by atoms with van der Waals surface area (Å²) in [5, 5.41) is 8.79. The fourth-order valence-corrected chi connectivity index (χ4v) is 1.56.